The molecule has 1 aliphatic heterocycles. The summed E-state index contributed by atoms with van der Waals surface area (Å²) in [5, 5.41) is 2.21. The molecular weight excluding hydrogens is 238 g/mol. The first-order chi connectivity index (χ1) is 9.31. The Bertz CT molecular complexity index is 585. The molecule has 0 amide bonds. The van der Waals surface area contributed by atoms with Crippen molar-refractivity contribution >= 4 is 22.1 Å². The molecule has 0 aliphatic carbocycles. The van der Waals surface area contributed by atoms with Crippen molar-refractivity contribution < 1.29 is 4.74 Å². The van der Waals surface area contributed by atoms with E-state index < -0.39 is 0 Å². The van der Waals surface area contributed by atoms with Gasteiger partial charge in [0.1, 0.15) is 0 Å². The lowest BCUT2D eigenvalue weighted by Crippen LogP contribution is -2.45. The highest BCUT2D eigenvalue weighted by atomic mass is 16.5. The average Bonchev–Trinajstić information content (AvgIpc) is 2.48. The highest BCUT2D eigenvalue weighted by Crippen LogP contribution is 2.32. The molecule has 1 fully saturated rings. The monoisotopic (exact) mass is 257 g/mol. The number of nitrogens with zero attached hydrogens (tertiary/aromatic N) is 2. The minimum absolute atomic E-state index is 0.431. The van der Waals surface area contributed by atoms with Gasteiger partial charge in [-0.05, 0) is 24.6 Å². The maximum atomic E-state index is 6.05. The summed E-state index contributed by atoms with van der Waals surface area (Å²) in [6.07, 6.45) is 4.77. The number of fused-ring (bicyclic) bond motifs is 1. The van der Waals surface area contributed by atoms with Crippen molar-refractivity contribution in [2.75, 3.05) is 30.4 Å². The molecule has 1 aromatic carbocycles. The Morgan fingerprint density at radius 2 is 2.26 bits per heavy atom. The van der Waals surface area contributed by atoms with Crippen LogP contribution in [0.15, 0.2) is 30.6 Å². The number of rotatable bonds is 2. The molecule has 4 nitrogen and oxygen atoms in total. The van der Waals surface area contributed by atoms with Gasteiger partial charge in [0.05, 0.1) is 19.3 Å². The van der Waals surface area contributed by atoms with Gasteiger partial charge in [0.2, 0.25) is 0 Å². The van der Waals surface area contributed by atoms with E-state index in [0.717, 1.165) is 42.6 Å². The molecule has 1 aliphatic rings. The van der Waals surface area contributed by atoms with E-state index in [1.807, 2.05) is 18.3 Å². The summed E-state index contributed by atoms with van der Waals surface area (Å²) in [7, 11) is 0. The summed E-state index contributed by atoms with van der Waals surface area (Å²) in [6.45, 7) is 4.70. The average molecular weight is 257 g/mol. The number of pyridine rings is 1. The maximum Gasteiger partial charge on any atom is 0.0670 e. The zero-order valence-electron chi connectivity index (χ0n) is 11.2. The number of morpholine rings is 1. The van der Waals surface area contributed by atoms with Gasteiger partial charge in [-0.2, -0.15) is 0 Å². The van der Waals surface area contributed by atoms with Crippen LogP contribution in [0.3, 0.4) is 0 Å². The van der Waals surface area contributed by atoms with Crippen LogP contribution in [0.1, 0.15) is 13.3 Å². The zero-order chi connectivity index (χ0) is 13.2. The number of benzene rings is 1. The van der Waals surface area contributed by atoms with Gasteiger partial charge in [-0.3, -0.25) is 4.98 Å². The lowest BCUT2D eigenvalue weighted by Gasteiger charge is -2.37. The number of hydrogen-bond acceptors (Lipinski definition) is 4. The van der Waals surface area contributed by atoms with Crippen LogP contribution in [-0.4, -0.2) is 30.8 Å². The van der Waals surface area contributed by atoms with Crippen molar-refractivity contribution in [3.05, 3.63) is 30.6 Å². The van der Waals surface area contributed by atoms with Crippen molar-refractivity contribution in [1.82, 2.24) is 4.98 Å². The molecule has 4 heteroatoms. The number of nitrogen functional groups attached to an aromatic ring is 1. The second kappa shape index (κ2) is 5.05. The predicted octanol–water partition coefficient (Wildman–Crippen LogP) is 2.43. The van der Waals surface area contributed by atoms with Gasteiger partial charge < -0.3 is 15.4 Å². The first-order valence-corrected chi connectivity index (χ1v) is 6.78. The van der Waals surface area contributed by atoms with E-state index in [9.17, 15) is 0 Å². The molecule has 0 spiro atoms. The van der Waals surface area contributed by atoms with E-state index in [0.29, 0.717) is 6.04 Å². The van der Waals surface area contributed by atoms with Crippen LogP contribution in [0, 0.1) is 0 Å². The predicted molar refractivity (Wildman–Crippen MR) is 78.4 cm³/mol. The quantitative estimate of drug-likeness (QED) is 0.839. The minimum Gasteiger partial charge on any atom is -0.398 e. The minimum atomic E-state index is 0.431. The lowest BCUT2D eigenvalue weighted by molar-refractivity contribution is 0.0931. The van der Waals surface area contributed by atoms with Crippen LogP contribution in [0.5, 0.6) is 0 Å². The smallest absolute Gasteiger partial charge is 0.0670 e. The summed E-state index contributed by atoms with van der Waals surface area (Å²) >= 11 is 0. The molecule has 2 heterocycles. The molecule has 1 saturated heterocycles. The van der Waals surface area contributed by atoms with E-state index in [2.05, 4.69) is 22.9 Å². The molecule has 2 N–H and O–H groups in total. The van der Waals surface area contributed by atoms with E-state index in [1.54, 1.807) is 6.20 Å². The molecule has 1 aromatic heterocycles. The highest BCUT2D eigenvalue weighted by Gasteiger charge is 2.23. The second-order valence-corrected chi connectivity index (χ2v) is 4.93. The van der Waals surface area contributed by atoms with Gasteiger partial charge in [-0.25, -0.2) is 0 Å². The van der Waals surface area contributed by atoms with Crippen molar-refractivity contribution in [2.24, 2.45) is 0 Å². The first kappa shape index (κ1) is 12.2. The standard InChI is InChI=1S/C15H19N3O/c1-2-11-10-19-8-7-18(11)15-4-3-14(16)12-5-6-17-9-13(12)15/h3-6,9,11H,2,7-8,10,16H2,1H3. The van der Waals surface area contributed by atoms with Gasteiger partial charge >= 0.3 is 0 Å². The number of aromatic nitrogens is 1. The molecule has 0 saturated carbocycles. The van der Waals surface area contributed by atoms with Crippen molar-refractivity contribution in [1.29, 1.82) is 0 Å². The molecule has 1 unspecified atom stereocenters. The number of ether oxygens (including phenoxy) is 1. The second-order valence-electron chi connectivity index (χ2n) is 4.93. The van der Waals surface area contributed by atoms with Crippen LogP contribution in [-0.2, 0) is 4.74 Å². The Morgan fingerprint density at radius 1 is 1.37 bits per heavy atom. The Hall–Kier alpha value is -1.81. The maximum absolute atomic E-state index is 6.05. The van der Waals surface area contributed by atoms with Gasteiger partial charge in [0, 0.05) is 41.1 Å². The zero-order valence-corrected chi connectivity index (χ0v) is 11.2. The fraction of sp³-hybridized carbons (Fsp3) is 0.400. The molecule has 100 valence electrons. The molecular formula is C15H19N3O. The van der Waals surface area contributed by atoms with E-state index in [-0.39, 0.29) is 0 Å². The van der Waals surface area contributed by atoms with Crippen molar-refractivity contribution in [3.8, 4) is 0 Å². The molecule has 3 rings (SSSR count). The Balaban J connectivity index is 2.11. The molecule has 0 bridgehead atoms. The van der Waals surface area contributed by atoms with Gasteiger partial charge in [-0.1, -0.05) is 6.92 Å². The fourth-order valence-electron chi connectivity index (χ4n) is 2.76. The van der Waals surface area contributed by atoms with Gasteiger partial charge in [0.25, 0.3) is 0 Å². The molecule has 1 atom stereocenters. The summed E-state index contributed by atoms with van der Waals surface area (Å²) in [5.74, 6) is 0. The third-order valence-corrected chi connectivity index (χ3v) is 3.84. The van der Waals surface area contributed by atoms with Gasteiger partial charge in [0.15, 0.2) is 0 Å². The van der Waals surface area contributed by atoms with Crippen LogP contribution < -0.4 is 10.6 Å². The first-order valence-electron chi connectivity index (χ1n) is 6.78. The van der Waals surface area contributed by atoms with E-state index in [4.69, 9.17) is 10.5 Å². The fourth-order valence-corrected chi connectivity index (χ4v) is 2.76. The summed E-state index contributed by atoms with van der Waals surface area (Å²) in [5.41, 5.74) is 8.07. The van der Waals surface area contributed by atoms with Crippen LogP contribution in [0.4, 0.5) is 11.4 Å². The van der Waals surface area contributed by atoms with Crippen molar-refractivity contribution in [2.45, 2.75) is 19.4 Å². The normalized spacial score (nSPS) is 19.8. The molecule has 19 heavy (non-hydrogen) atoms. The van der Waals surface area contributed by atoms with Crippen LogP contribution >= 0.6 is 0 Å². The Kier molecular flexibility index (Phi) is 3.25. The van der Waals surface area contributed by atoms with Crippen LogP contribution in [0.2, 0.25) is 0 Å². The Labute approximate surface area is 113 Å². The Morgan fingerprint density at radius 3 is 3.11 bits per heavy atom. The lowest BCUT2D eigenvalue weighted by atomic mass is 10.1. The van der Waals surface area contributed by atoms with E-state index >= 15 is 0 Å². The number of nitrogens with two attached hydrogens (primary N) is 1. The third kappa shape index (κ3) is 2.12. The number of anilines is 2. The van der Waals surface area contributed by atoms with Crippen LogP contribution in [0.25, 0.3) is 10.8 Å². The largest absolute Gasteiger partial charge is 0.398 e. The SMILES string of the molecule is CCC1COCCN1c1ccc(N)c2ccncc12. The van der Waals surface area contributed by atoms with Crippen molar-refractivity contribution in [3.63, 3.8) is 0 Å². The van der Waals surface area contributed by atoms with E-state index in [1.165, 1.54) is 5.69 Å². The summed E-state index contributed by atoms with van der Waals surface area (Å²) in [4.78, 5) is 6.67. The summed E-state index contributed by atoms with van der Waals surface area (Å²) in [6, 6.07) is 6.50. The molecule has 0 radical (unpaired) electrons. The molecule has 2 aromatic rings. The third-order valence-electron chi connectivity index (χ3n) is 3.84. The van der Waals surface area contributed by atoms with Gasteiger partial charge in [-0.15, -0.1) is 0 Å². The topological polar surface area (TPSA) is 51.4 Å². The number of hydrogen-bond donors (Lipinski definition) is 1. The highest BCUT2D eigenvalue weighted by molar-refractivity contribution is 6.00. The summed E-state index contributed by atoms with van der Waals surface area (Å²) < 4.78 is 5.58.